The molecule has 7 rings (SSSR count). The summed E-state index contributed by atoms with van der Waals surface area (Å²) in [4.78, 5) is 12.7. The van der Waals surface area contributed by atoms with Gasteiger partial charge >= 0.3 is 0 Å². The number of H-pyrrole nitrogens is 2. The summed E-state index contributed by atoms with van der Waals surface area (Å²) in [7, 11) is 0. The molecule has 0 amide bonds. The lowest BCUT2D eigenvalue weighted by atomic mass is 9.85. The van der Waals surface area contributed by atoms with E-state index in [1.165, 1.54) is 54.4 Å². The normalized spacial score (nSPS) is 16.3. The van der Waals surface area contributed by atoms with Crippen LogP contribution in [-0.4, -0.2) is 25.1 Å². The number of allylic oxidation sites excluding steroid dienone is 4. The number of pyridine rings is 2. The van der Waals surface area contributed by atoms with Crippen LogP contribution < -0.4 is 0 Å². The Kier molecular flexibility index (Phi) is 5.27. The number of hydrogen-bond donors (Lipinski definition) is 2. The van der Waals surface area contributed by atoms with E-state index in [1.807, 2.05) is 18.6 Å². The standard InChI is InChI=1S/C31H29N5/c1-2-6-20(7-3-1)14-21-15-24(19-32-18-21)23-10-11-28-27(16-23)30(36-35-28)29-17-26-25(22-8-4-5-9-22)12-13-33-31(26)34-29/h4,8-13,15-20H,1-3,5-7,14H2,(H,33,34)(H,35,36). The van der Waals surface area contributed by atoms with Crippen molar-refractivity contribution in [3.63, 3.8) is 0 Å². The van der Waals surface area contributed by atoms with Crippen molar-refractivity contribution in [3.8, 4) is 22.5 Å². The van der Waals surface area contributed by atoms with Crippen LogP contribution in [0.15, 0.2) is 73.2 Å². The average molecular weight is 472 g/mol. The number of fused-ring (bicyclic) bond motifs is 2. The van der Waals surface area contributed by atoms with Gasteiger partial charge in [0.2, 0.25) is 0 Å². The number of nitrogens with one attached hydrogen (secondary N) is 2. The van der Waals surface area contributed by atoms with Gasteiger partial charge in [-0.25, -0.2) is 4.98 Å². The molecule has 4 heterocycles. The van der Waals surface area contributed by atoms with E-state index in [2.05, 4.69) is 79.8 Å². The minimum Gasteiger partial charge on any atom is -0.338 e. The highest BCUT2D eigenvalue weighted by molar-refractivity contribution is 6.00. The second-order valence-corrected chi connectivity index (χ2v) is 10.2. The lowest BCUT2D eigenvalue weighted by Crippen LogP contribution is -2.09. The van der Waals surface area contributed by atoms with Crippen LogP contribution in [0.3, 0.4) is 0 Å². The summed E-state index contributed by atoms with van der Waals surface area (Å²) in [5.74, 6) is 0.801. The highest BCUT2D eigenvalue weighted by Crippen LogP contribution is 2.35. The van der Waals surface area contributed by atoms with Gasteiger partial charge in [-0.05, 0) is 71.4 Å². The molecule has 5 heteroatoms. The van der Waals surface area contributed by atoms with E-state index in [9.17, 15) is 0 Å². The number of aromatic nitrogens is 5. The van der Waals surface area contributed by atoms with Crippen LogP contribution in [0.1, 0.15) is 49.7 Å². The average Bonchev–Trinajstić information content (AvgIpc) is 3.68. The number of benzene rings is 1. The molecule has 0 atom stereocenters. The van der Waals surface area contributed by atoms with Crippen LogP contribution in [0.25, 0.3) is 50.0 Å². The van der Waals surface area contributed by atoms with Crippen LogP contribution >= 0.6 is 0 Å². The lowest BCUT2D eigenvalue weighted by molar-refractivity contribution is 0.356. The molecule has 1 saturated carbocycles. The molecule has 2 aliphatic rings. The third-order valence-electron chi connectivity index (χ3n) is 7.81. The Bertz CT molecular complexity index is 1630. The zero-order valence-corrected chi connectivity index (χ0v) is 20.3. The largest absolute Gasteiger partial charge is 0.338 e. The molecule has 0 unspecified atom stereocenters. The zero-order chi connectivity index (χ0) is 23.9. The molecule has 0 saturated heterocycles. The highest BCUT2D eigenvalue weighted by atomic mass is 15.1. The van der Waals surface area contributed by atoms with Gasteiger partial charge in [0.25, 0.3) is 0 Å². The molecule has 5 nitrogen and oxygen atoms in total. The van der Waals surface area contributed by atoms with Gasteiger partial charge in [0.1, 0.15) is 11.3 Å². The molecular formula is C31H29N5. The minimum absolute atomic E-state index is 0.801. The first kappa shape index (κ1) is 21.3. The Balaban J connectivity index is 1.25. The predicted molar refractivity (Wildman–Crippen MR) is 146 cm³/mol. The molecule has 0 spiro atoms. The van der Waals surface area contributed by atoms with Crippen LogP contribution in [0.5, 0.6) is 0 Å². The smallest absolute Gasteiger partial charge is 0.138 e. The van der Waals surface area contributed by atoms with E-state index in [0.717, 1.165) is 57.6 Å². The predicted octanol–water partition coefficient (Wildman–Crippen LogP) is 7.63. The van der Waals surface area contributed by atoms with Crippen molar-refractivity contribution in [1.29, 1.82) is 0 Å². The topological polar surface area (TPSA) is 70.2 Å². The first-order valence-corrected chi connectivity index (χ1v) is 13.1. The number of aromatic amines is 2. The summed E-state index contributed by atoms with van der Waals surface area (Å²) in [6.45, 7) is 0. The minimum atomic E-state index is 0.801. The van der Waals surface area contributed by atoms with Crippen molar-refractivity contribution in [2.45, 2.75) is 44.9 Å². The van der Waals surface area contributed by atoms with Gasteiger partial charge in [0, 0.05) is 34.9 Å². The number of nitrogens with zero attached hydrogens (tertiary/aromatic N) is 3. The molecule has 36 heavy (non-hydrogen) atoms. The van der Waals surface area contributed by atoms with Gasteiger partial charge in [0.15, 0.2) is 0 Å². The maximum Gasteiger partial charge on any atom is 0.138 e. The monoisotopic (exact) mass is 471 g/mol. The van der Waals surface area contributed by atoms with Crippen molar-refractivity contribution in [2.24, 2.45) is 5.92 Å². The van der Waals surface area contributed by atoms with Crippen LogP contribution in [-0.2, 0) is 6.42 Å². The Morgan fingerprint density at radius 1 is 0.917 bits per heavy atom. The molecular weight excluding hydrogens is 442 g/mol. The molecule has 0 bridgehead atoms. The van der Waals surface area contributed by atoms with E-state index in [1.54, 1.807) is 0 Å². The molecule has 1 aromatic carbocycles. The Morgan fingerprint density at radius 3 is 2.75 bits per heavy atom. The zero-order valence-electron chi connectivity index (χ0n) is 20.3. The first-order chi connectivity index (χ1) is 17.8. The van der Waals surface area contributed by atoms with Crippen molar-refractivity contribution in [1.82, 2.24) is 25.1 Å². The summed E-state index contributed by atoms with van der Waals surface area (Å²) < 4.78 is 0. The van der Waals surface area contributed by atoms with Gasteiger partial charge in [-0.15, -0.1) is 0 Å². The van der Waals surface area contributed by atoms with Crippen molar-refractivity contribution in [3.05, 3.63) is 84.3 Å². The fourth-order valence-corrected chi connectivity index (χ4v) is 5.94. The van der Waals surface area contributed by atoms with Gasteiger partial charge in [-0.3, -0.25) is 10.1 Å². The second-order valence-electron chi connectivity index (χ2n) is 10.2. The van der Waals surface area contributed by atoms with Crippen molar-refractivity contribution < 1.29 is 0 Å². The molecule has 2 aliphatic carbocycles. The molecule has 0 aliphatic heterocycles. The second kappa shape index (κ2) is 8.90. The fraction of sp³-hybridized carbons (Fsp3) is 0.258. The lowest BCUT2D eigenvalue weighted by Gasteiger charge is -2.21. The molecule has 178 valence electrons. The van der Waals surface area contributed by atoms with Crippen molar-refractivity contribution >= 4 is 27.5 Å². The van der Waals surface area contributed by atoms with Crippen LogP contribution in [0.2, 0.25) is 0 Å². The van der Waals surface area contributed by atoms with Gasteiger partial charge in [-0.2, -0.15) is 5.10 Å². The number of hydrogen-bond acceptors (Lipinski definition) is 3. The maximum atomic E-state index is 4.69. The van der Waals surface area contributed by atoms with Gasteiger partial charge in [0.05, 0.1) is 11.2 Å². The SMILES string of the molecule is C1=CC(c2ccnc3[nH]c(-c4n[nH]c5ccc(-c6cncc(CC7CCCCC7)c6)cc45)cc23)=CC1. The molecule has 5 aromatic rings. The number of rotatable bonds is 5. The Labute approximate surface area is 210 Å². The highest BCUT2D eigenvalue weighted by Gasteiger charge is 2.17. The molecule has 4 aromatic heterocycles. The third kappa shape index (κ3) is 3.85. The maximum absolute atomic E-state index is 4.69. The fourth-order valence-electron chi connectivity index (χ4n) is 5.94. The van der Waals surface area contributed by atoms with E-state index in [0.29, 0.717) is 0 Å². The molecule has 2 N–H and O–H groups in total. The van der Waals surface area contributed by atoms with E-state index < -0.39 is 0 Å². The molecule has 1 fully saturated rings. The quantitative estimate of drug-likeness (QED) is 0.277. The van der Waals surface area contributed by atoms with Gasteiger partial charge < -0.3 is 4.98 Å². The van der Waals surface area contributed by atoms with Crippen molar-refractivity contribution in [2.75, 3.05) is 0 Å². The summed E-state index contributed by atoms with van der Waals surface area (Å²) in [5, 5.41) is 10.1. The summed E-state index contributed by atoms with van der Waals surface area (Å²) in [6.07, 6.45) is 21.5. The van der Waals surface area contributed by atoms with E-state index in [-0.39, 0.29) is 0 Å². The van der Waals surface area contributed by atoms with Gasteiger partial charge in [-0.1, -0.05) is 56.4 Å². The van der Waals surface area contributed by atoms with E-state index in [4.69, 9.17) is 0 Å². The van der Waals surface area contributed by atoms with Crippen LogP contribution in [0, 0.1) is 5.92 Å². The summed E-state index contributed by atoms with van der Waals surface area (Å²) >= 11 is 0. The third-order valence-corrected chi connectivity index (χ3v) is 7.81. The molecule has 0 radical (unpaired) electrons. The Hall–Kier alpha value is -3.99. The summed E-state index contributed by atoms with van der Waals surface area (Å²) in [6, 6.07) is 13.1. The summed E-state index contributed by atoms with van der Waals surface area (Å²) in [5.41, 5.74) is 9.93. The first-order valence-electron chi connectivity index (χ1n) is 13.1. The van der Waals surface area contributed by atoms with E-state index >= 15 is 0 Å². The Morgan fingerprint density at radius 2 is 1.86 bits per heavy atom. The van der Waals surface area contributed by atoms with Crippen LogP contribution in [0.4, 0.5) is 0 Å².